The molecule has 1 aromatic carbocycles. The van der Waals surface area contributed by atoms with Gasteiger partial charge in [-0.2, -0.15) is 0 Å². The summed E-state index contributed by atoms with van der Waals surface area (Å²) in [4.78, 5) is 21.7. The Bertz CT molecular complexity index is 575. The van der Waals surface area contributed by atoms with Crippen LogP contribution in [0.5, 0.6) is 0 Å². The molecule has 20 heavy (non-hydrogen) atoms. The first kappa shape index (κ1) is 13.0. The van der Waals surface area contributed by atoms with Gasteiger partial charge in [0.2, 0.25) is 5.95 Å². The number of piperidine rings is 1. The number of aromatic nitrogens is 2. The van der Waals surface area contributed by atoms with E-state index in [0.29, 0.717) is 6.42 Å². The van der Waals surface area contributed by atoms with Crippen molar-refractivity contribution in [3.8, 4) is 0 Å². The summed E-state index contributed by atoms with van der Waals surface area (Å²) in [6.45, 7) is 0.932. The van der Waals surface area contributed by atoms with E-state index in [1.165, 1.54) is 7.11 Å². The van der Waals surface area contributed by atoms with Crippen LogP contribution < -0.4 is 4.90 Å². The largest absolute Gasteiger partial charge is 0.469 e. The number of carbonyl (C=O) groups excluding carboxylic acids is 1. The number of aromatic amines is 1. The van der Waals surface area contributed by atoms with E-state index in [-0.39, 0.29) is 12.0 Å². The van der Waals surface area contributed by atoms with Crippen molar-refractivity contribution >= 4 is 23.0 Å². The van der Waals surface area contributed by atoms with Crippen LogP contribution in [0.25, 0.3) is 11.0 Å². The van der Waals surface area contributed by atoms with Crippen molar-refractivity contribution in [1.82, 2.24) is 9.97 Å². The van der Waals surface area contributed by atoms with Crippen LogP contribution in [0.3, 0.4) is 0 Å². The Morgan fingerprint density at radius 3 is 3.10 bits per heavy atom. The number of nitrogens with one attached hydrogen (secondary N) is 1. The zero-order valence-electron chi connectivity index (χ0n) is 11.6. The predicted octanol–water partition coefficient (Wildman–Crippen LogP) is 2.48. The summed E-state index contributed by atoms with van der Waals surface area (Å²) < 4.78 is 4.80. The fourth-order valence-corrected chi connectivity index (χ4v) is 2.84. The van der Waals surface area contributed by atoms with Crippen LogP contribution in [0, 0.1) is 0 Å². The Morgan fingerprint density at radius 1 is 1.45 bits per heavy atom. The summed E-state index contributed by atoms with van der Waals surface area (Å²) in [6.07, 6.45) is 3.72. The van der Waals surface area contributed by atoms with Crippen LogP contribution in [-0.4, -0.2) is 35.6 Å². The highest BCUT2D eigenvalue weighted by Crippen LogP contribution is 2.26. The fourth-order valence-electron chi connectivity index (χ4n) is 2.84. The van der Waals surface area contributed by atoms with Gasteiger partial charge < -0.3 is 14.6 Å². The number of nitrogens with zero attached hydrogens (tertiary/aromatic N) is 2. The second kappa shape index (κ2) is 5.53. The van der Waals surface area contributed by atoms with Crippen LogP contribution in [0.2, 0.25) is 0 Å². The molecule has 1 fully saturated rings. The van der Waals surface area contributed by atoms with E-state index in [2.05, 4.69) is 14.9 Å². The van der Waals surface area contributed by atoms with E-state index in [0.717, 1.165) is 42.8 Å². The van der Waals surface area contributed by atoms with E-state index in [1.54, 1.807) is 0 Å². The zero-order chi connectivity index (χ0) is 13.9. The molecule has 1 saturated heterocycles. The molecule has 1 aliphatic heterocycles. The molecular weight excluding hydrogens is 254 g/mol. The summed E-state index contributed by atoms with van der Waals surface area (Å²) in [7, 11) is 1.44. The number of H-pyrrole nitrogens is 1. The summed E-state index contributed by atoms with van der Waals surface area (Å²) in [5.74, 6) is 0.706. The molecule has 0 amide bonds. The summed E-state index contributed by atoms with van der Waals surface area (Å²) in [5, 5.41) is 0. The molecule has 5 heteroatoms. The number of hydrogen-bond acceptors (Lipinski definition) is 4. The fraction of sp³-hybridized carbons (Fsp3) is 0.467. The van der Waals surface area contributed by atoms with Crippen LogP contribution in [0.15, 0.2) is 24.3 Å². The van der Waals surface area contributed by atoms with Crippen molar-refractivity contribution in [2.45, 2.75) is 31.7 Å². The quantitative estimate of drug-likeness (QED) is 0.873. The lowest BCUT2D eigenvalue weighted by Crippen LogP contribution is -2.41. The number of rotatable bonds is 3. The monoisotopic (exact) mass is 273 g/mol. The van der Waals surface area contributed by atoms with Gasteiger partial charge in [-0.25, -0.2) is 4.98 Å². The molecule has 1 aromatic heterocycles. The molecule has 0 saturated carbocycles. The highest BCUT2D eigenvalue weighted by molar-refractivity contribution is 5.77. The van der Waals surface area contributed by atoms with Gasteiger partial charge in [0, 0.05) is 12.6 Å². The maximum atomic E-state index is 11.5. The van der Waals surface area contributed by atoms with Crippen molar-refractivity contribution in [3.63, 3.8) is 0 Å². The SMILES string of the molecule is COC(=O)CC1CCCCN1c1nc2ccccc2[nH]1. The van der Waals surface area contributed by atoms with Gasteiger partial charge in [-0.1, -0.05) is 12.1 Å². The number of esters is 1. The molecular formula is C15H19N3O2. The molecule has 1 aliphatic rings. The van der Waals surface area contributed by atoms with Crippen LogP contribution in [0.4, 0.5) is 5.95 Å². The molecule has 1 unspecified atom stereocenters. The molecule has 0 radical (unpaired) electrons. The van der Waals surface area contributed by atoms with Crippen molar-refractivity contribution < 1.29 is 9.53 Å². The standard InChI is InChI=1S/C15H19N3O2/c1-20-14(19)10-11-6-4-5-9-18(11)15-16-12-7-2-3-8-13(12)17-15/h2-3,7-8,11H,4-6,9-10H2,1H3,(H,16,17). The van der Waals surface area contributed by atoms with Crippen molar-refractivity contribution in [2.24, 2.45) is 0 Å². The van der Waals surface area contributed by atoms with Crippen molar-refractivity contribution in [2.75, 3.05) is 18.6 Å². The maximum Gasteiger partial charge on any atom is 0.307 e. The first-order valence-electron chi connectivity index (χ1n) is 7.06. The number of carbonyl (C=O) groups is 1. The second-order valence-corrected chi connectivity index (χ2v) is 5.20. The number of methoxy groups -OCH3 is 1. The van der Waals surface area contributed by atoms with Gasteiger partial charge in [0.25, 0.3) is 0 Å². The third kappa shape index (κ3) is 2.48. The number of benzene rings is 1. The van der Waals surface area contributed by atoms with Crippen molar-refractivity contribution in [1.29, 1.82) is 0 Å². The van der Waals surface area contributed by atoms with Gasteiger partial charge >= 0.3 is 5.97 Å². The third-order valence-corrected chi connectivity index (χ3v) is 3.91. The van der Waals surface area contributed by atoms with Gasteiger partial charge in [-0.3, -0.25) is 4.79 Å². The van der Waals surface area contributed by atoms with Gasteiger partial charge in [-0.15, -0.1) is 0 Å². The normalized spacial score (nSPS) is 19.2. The van der Waals surface area contributed by atoms with Gasteiger partial charge in [-0.05, 0) is 31.4 Å². The molecule has 3 rings (SSSR count). The number of anilines is 1. The predicted molar refractivity (Wildman–Crippen MR) is 77.7 cm³/mol. The molecule has 2 heterocycles. The Morgan fingerprint density at radius 2 is 2.30 bits per heavy atom. The molecule has 1 N–H and O–H groups in total. The molecule has 2 aromatic rings. The van der Waals surface area contributed by atoms with Gasteiger partial charge in [0.05, 0.1) is 24.6 Å². The summed E-state index contributed by atoms with van der Waals surface area (Å²) in [5.41, 5.74) is 2.00. The zero-order valence-corrected chi connectivity index (χ0v) is 11.6. The average molecular weight is 273 g/mol. The summed E-state index contributed by atoms with van der Waals surface area (Å²) >= 11 is 0. The summed E-state index contributed by atoms with van der Waals surface area (Å²) in [6, 6.07) is 8.16. The maximum absolute atomic E-state index is 11.5. The minimum Gasteiger partial charge on any atom is -0.469 e. The molecule has 5 nitrogen and oxygen atoms in total. The number of imidazole rings is 1. The second-order valence-electron chi connectivity index (χ2n) is 5.20. The van der Waals surface area contributed by atoms with Gasteiger partial charge in [0.1, 0.15) is 0 Å². The van der Waals surface area contributed by atoms with E-state index < -0.39 is 0 Å². The Labute approximate surface area is 117 Å². The Kier molecular flexibility index (Phi) is 3.58. The van der Waals surface area contributed by atoms with Crippen LogP contribution in [0.1, 0.15) is 25.7 Å². The first-order chi connectivity index (χ1) is 9.78. The lowest BCUT2D eigenvalue weighted by Gasteiger charge is -2.34. The smallest absolute Gasteiger partial charge is 0.307 e. The molecule has 0 spiro atoms. The number of fused-ring (bicyclic) bond motifs is 1. The Balaban J connectivity index is 1.86. The van der Waals surface area contributed by atoms with E-state index in [4.69, 9.17) is 4.74 Å². The highest BCUT2D eigenvalue weighted by atomic mass is 16.5. The van der Waals surface area contributed by atoms with Crippen molar-refractivity contribution in [3.05, 3.63) is 24.3 Å². The number of para-hydroxylation sites is 2. The van der Waals surface area contributed by atoms with E-state index in [1.807, 2.05) is 24.3 Å². The molecule has 1 atom stereocenters. The molecule has 106 valence electrons. The minimum absolute atomic E-state index is 0.155. The molecule has 0 bridgehead atoms. The average Bonchev–Trinajstić information content (AvgIpc) is 2.91. The van der Waals surface area contributed by atoms with E-state index in [9.17, 15) is 4.79 Å². The highest BCUT2D eigenvalue weighted by Gasteiger charge is 2.27. The van der Waals surface area contributed by atoms with Gasteiger partial charge in [0.15, 0.2) is 0 Å². The third-order valence-electron chi connectivity index (χ3n) is 3.91. The minimum atomic E-state index is -0.155. The number of ether oxygens (including phenoxy) is 1. The van der Waals surface area contributed by atoms with E-state index >= 15 is 0 Å². The van der Waals surface area contributed by atoms with Crippen LogP contribution >= 0.6 is 0 Å². The molecule has 0 aliphatic carbocycles. The van der Waals surface area contributed by atoms with Crippen LogP contribution in [-0.2, 0) is 9.53 Å². The first-order valence-corrected chi connectivity index (χ1v) is 7.06. The lowest BCUT2D eigenvalue weighted by atomic mass is 10.00. The Hall–Kier alpha value is -2.04. The topological polar surface area (TPSA) is 58.2 Å². The number of hydrogen-bond donors (Lipinski definition) is 1. The lowest BCUT2D eigenvalue weighted by molar-refractivity contribution is -0.141.